The Labute approximate surface area is 185 Å². The SMILES string of the molecule is CC1CCCCN1Cc1ccccc1CNC(=O)c1n[nH]c2c1CNCC2.Cl.Cl. The summed E-state index contributed by atoms with van der Waals surface area (Å²) in [5.74, 6) is -0.0997. The van der Waals surface area contributed by atoms with E-state index in [1.54, 1.807) is 0 Å². The lowest BCUT2D eigenvalue weighted by Crippen LogP contribution is -2.37. The Bertz CT molecular complexity index is 810. The Morgan fingerprint density at radius 3 is 2.83 bits per heavy atom. The predicted octanol–water partition coefficient (Wildman–Crippen LogP) is 3.20. The predicted molar refractivity (Wildman–Crippen MR) is 120 cm³/mol. The van der Waals surface area contributed by atoms with Crippen molar-refractivity contribution < 1.29 is 4.79 Å². The third kappa shape index (κ3) is 5.51. The minimum Gasteiger partial charge on any atom is -0.347 e. The molecule has 29 heavy (non-hydrogen) atoms. The van der Waals surface area contributed by atoms with Gasteiger partial charge < -0.3 is 10.6 Å². The second-order valence-corrected chi connectivity index (χ2v) is 7.72. The van der Waals surface area contributed by atoms with Gasteiger partial charge in [0.1, 0.15) is 0 Å². The molecule has 6 nitrogen and oxygen atoms in total. The number of carbonyl (C=O) groups is 1. The van der Waals surface area contributed by atoms with Crippen molar-refractivity contribution >= 4 is 30.7 Å². The van der Waals surface area contributed by atoms with Gasteiger partial charge in [-0.15, -0.1) is 24.8 Å². The highest BCUT2D eigenvalue weighted by Gasteiger charge is 2.22. The van der Waals surface area contributed by atoms with Crippen molar-refractivity contribution in [2.45, 2.75) is 58.3 Å². The number of carbonyl (C=O) groups excluding carboxylic acids is 1. The number of nitrogens with one attached hydrogen (secondary N) is 3. The molecule has 0 saturated carbocycles. The number of H-pyrrole nitrogens is 1. The fourth-order valence-corrected chi connectivity index (χ4v) is 4.17. The van der Waals surface area contributed by atoms with Crippen LogP contribution in [-0.4, -0.2) is 40.1 Å². The molecule has 2 aliphatic heterocycles. The van der Waals surface area contributed by atoms with Gasteiger partial charge in [0.05, 0.1) is 0 Å². The fraction of sp³-hybridized carbons (Fsp3) is 0.524. The average molecular weight is 440 g/mol. The number of halogens is 2. The first kappa shape index (κ1) is 23.7. The van der Waals surface area contributed by atoms with Crippen molar-refractivity contribution in [1.82, 2.24) is 25.7 Å². The van der Waals surface area contributed by atoms with Gasteiger partial charge in [-0.1, -0.05) is 30.7 Å². The summed E-state index contributed by atoms with van der Waals surface area (Å²) in [5.41, 5.74) is 5.11. The van der Waals surface area contributed by atoms with Crippen LogP contribution in [0.5, 0.6) is 0 Å². The highest BCUT2D eigenvalue weighted by atomic mass is 35.5. The largest absolute Gasteiger partial charge is 0.347 e. The van der Waals surface area contributed by atoms with Crippen LogP contribution in [-0.2, 0) is 26.1 Å². The van der Waals surface area contributed by atoms with E-state index in [1.165, 1.54) is 30.4 Å². The quantitative estimate of drug-likeness (QED) is 0.668. The molecule has 1 aromatic heterocycles. The first-order valence-electron chi connectivity index (χ1n) is 10.1. The highest BCUT2D eigenvalue weighted by molar-refractivity contribution is 5.94. The first-order valence-corrected chi connectivity index (χ1v) is 10.1. The van der Waals surface area contributed by atoms with Crippen LogP contribution in [0.15, 0.2) is 24.3 Å². The standard InChI is InChI=1S/C21H29N5O.2ClH/c1-15-6-4-5-11-26(15)14-17-8-3-2-7-16(17)12-23-21(27)20-18-13-22-10-9-19(18)24-25-20;;/h2-3,7-8,15,22H,4-6,9-14H2,1H3,(H,23,27)(H,24,25);2*1H. The van der Waals surface area contributed by atoms with Crippen LogP contribution in [0.1, 0.15) is 59.1 Å². The summed E-state index contributed by atoms with van der Waals surface area (Å²) in [4.78, 5) is 15.2. The van der Waals surface area contributed by atoms with E-state index in [4.69, 9.17) is 0 Å². The molecule has 0 radical (unpaired) electrons. The van der Waals surface area contributed by atoms with Gasteiger partial charge in [0, 0.05) is 49.9 Å². The molecule has 160 valence electrons. The summed E-state index contributed by atoms with van der Waals surface area (Å²) in [7, 11) is 0. The van der Waals surface area contributed by atoms with E-state index < -0.39 is 0 Å². The van der Waals surface area contributed by atoms with Gasteiger partial charge in [0.25, 0.3) is 5.91 Å². The first-order chi connectivity index (χ1) is 13.2. The van der Waals surface area contributed by atoms with Gasteiger partial charge in [-0.05, 0) is 37.4 Å². The Morgan fingerprint density at radius 1 is 1.24 bits per heavy atom. The van der Waals surface area contributed by atoms with Gasteiger partial charge in [0.15, 0.2) is 5.69 Å². The maximum atomic E-state index is 12.7. The molecule has 1 fully saturated rings. The maximum absolute atomic E-state index is 12.7. The summed E-state index contributed by atoms with van der Waals surface area (Å²) in [6.07, 6.45) is 4.78. The number of fused-ring (bicyclic) bond motifs is 1. The number of rotatable bonds is 5. The molecule has 4 rings (SSSR count). The van der Waals surface area contributed by atoms with Crippen molar-refractivity contribution in [3.63, 3.8) is 0 Å². The molecule has 1 aromatic carbocycles. The lowest BCUT2D eigenvalue weighted by atomic mass is 10.0. The number of nitrogens with zero attached hydrogens (tertiary/aromatic N) is 2. The Balaban J connectivity index is 0.00000150. The zero-order valence-electron chi connectivity index (χ0n) is 16.9. The summed E-state index contributed by atoms with van der Waals surface area (Å²) >= 11 is 0. The second-order valence-electron chi connectivity index (χ2n) is 7.72. The zero-order valence-corrected chi connectivity index (χ0v) is 18.5. The number of hydrogen-bond acceptors (Lipinski definition) is 4. The van der Waals surface area contributed by atoms with E-state index in [9.17, 15) is 4.79 Å². The number of likely N-dealkylation sites (tertiary alicyclic amines) is 1. The van der Waals surface area contributed by atoms with Crippen LogP contribution < -0.4 is 10.6 Å². The third-order valence-corrected chi connectivity index (χ3v) is 5.89. The molecule has 1 amide bonds. The molecule has 2 aromatic rings. The van der Waals surface area contributed by atoms with Gasteiger partial charge in [-0.25, -0.2) is 0 Å². The minimum absolute atomic E-state index is 0. The van der Waals surface area contributed by atoms with E-state index in [2.05, 4.69) is 50.9 Å². The van der Waals surface area contributed by atoms with Gasteiger partial charge >= 0.3 is 0 Å². The average Bonchev–Trinajstić information content (AvgIpc) is 3.13. The molecule has 0 spiro atoms. The molecule has 8 heteroatoms. The highest BCUT2D eigenvalue weighted by Crippen LogP contribution is 2.21. The van der Waals surface area contributed by atoms with Crippen LogP contribution >= 0.6 is 24.8 Å². The van der Waals surface area contributed by atoms with Crippen LogP contribution in [0.2, 0.25) is 0 Å². The van der Waals surface area contributed by atoms with Crippen molar-refractivity contribution in [3.8, 4) is 0 Å². The van der Waals surface area contributed by atoms with Crippen LogP contribution in [0.4, 0.5) is 0 Å². The lowest BCUT2D eigenvalue weighted by Gasteiger charge is -2.33. The van der Waals surface area contributed by atoms with Gasteiger partial charge in [0.2, 0.25) is 0 Å². The Hall–Kier alpha value is -1.60. The van der Waals surface area contributed by atoms with Crippen molar-refractivity contribution in [2.24, 2.45) is 0 Å². The van der Waals surface area contributed by atoms with Crippen molar-refractivity contribution in [1.29, 1.82) is 0 Å². The summed E-state index contributed by atoms with van der Waals surface area (Å²) in [5, 5.41) is 13.7. The third-order valence-electron chi connectivity index (χ3n) is 5.89. The van der Waals surface area contributed by atoms with E-state index >= 15 is 0 Å². The minimum atomic E-state index is -0.0997. The number of benzene rings is 1. The zero-order chi connectivity index (χ0) is 18.6. The van der Waals surface area contributed by atoms with Crippen molar-refractivity contribution in [2.75, 3.05) is 13.1 Å². The van der Waals surface area contributed by atoms with E-state index in [-0.39, 0.29) is 30.7 Å². The van der Waals surface area contributed by atoms with E-state index in [1.807, 2.05) is 6.07 Å². The number of aromatic nitrogens is 2. The normalized spacial score (nSPS) is 18.9. The number of amides is 1. The maximum Gasteiger partial charge on any atom is 0.272 e. The monoisotopic (exact) mass is 439 g/mol. The van der Waals surface area contributed by atoms with E-state index in [0.29, 0.717) is 24.8 Å². The molecule has 1 atom stereocenters. The molecule has 1 saturated heterocycles. The topological polar surface area (TPSA) is 73.0 Å². The molecular weight excluding hydrogens is 409 g/mol. The molecule has 3 N–H and O–H groups in total. The number of aromatic amines is 1. The smallest absolute Gasteiger partial charge is 0.272 e. The van der Waals surface area contributed by atoms with Gasteiger partial charge in [-0.2, -0.15) is 5.10 Å². The summed E-state index contributed by atoms with van der Waals surface area (Å²) in [6, 6.07) is 9.06. The molecule has 3 heterocycles. The second kappa shape index (κ2) is 11.0. The summed E-state index contributed by atoms with van der Waals surface area (Å²) < 4.78 is 0. The molecule has 0 aliphatic carbocycles. The molecule has 0 bridgehead atoms. The van der Waals surface area contributed by atoms with Crippen LogP contribution in [0.3, 0.4) is 0 Å². The van der Waals surface area contributed by atoms with Crippen molar-refractivity contribution in [3.05, 3.63) is 52.3 Å². The molecule has 1 unspecified atom stereocenters. The van der Waals surface area contributed by atoms with Gasteiger partial charge in [-0.3, -0.25) is 14.8 Å². The molecular formula is C21H31Cl2N5O. The number of piperidine rings is 1. The number of hydrogen-bond donors (Lipinski definition) is 3. The summed E-state index contributed by atoms with van der Waals surface area (Å²) in [6.45, 7) is 6.60. The lowest BCUT2D eigenvalue weighted by molar-refractivity contribution is 0.0944. The Kier molecular flexibility index (Phi) is 8.96. The molecule has 2 aliphatic rings. The van der Waals surface area contributed by atoms with Crippen LogP contribution in [0, 0.1) is 0 Å². The fourth-order valence-electron chi connectivity index (χ4n) is 4.17. The van der Waals surface area contributed by atoms with E-state index in [0.717, 1.165) is 37.3 Å². The Morgan fingerprint density at radius 2 is 2.03 bits per heavy atom. The van der Waals surface area contributed by atoms with Crippen LogP contribution in [0.25, 0.3) is 0 Å².